The topological polar surface area (TPSA) is 68.0 Å². The zero-order valence-electron chi connectivity index (χ0n) is 12.4. The van der Waals surface area contributed by atoms with Gasteiger partial charge in [0.05, 0.1) is 5.02 Å². The highest BCUT2D eigenvalue weighted by Crippen LogP contribution is 2.32. The number of carbonyl (C=O) groups excluding carboxylic acids is 1. The number of hydrogen-bond acceptors (Lipinski definition) is 5. The van der Waals surface area contributed by atoms with Gasteiger partial charge in [-0.2, -0.15) is 0 Å². The van der Waals surface area contributed by atoms with E-state index in [1.54, 1.807) is 18.2 Å². The molecular weight excluding hydrogens is 353 g/mol. The van der Waals surface area contributed by atoms with Crippen LogP contribution in [0.25, 0.3) is 0 Å². The first-order valence-electron chi connectivity index (χ1n) is 7.57. The number of carbonyl (C=O) groups is 1. The maximum Gasteiger partial charge on any atom is 0.208 e. The molecule has 7 heteroatoms. The summed E-state index contributed by atoms with van der Waals surface area (Å²) < 4.78 is 0. The van der Waals surface area contributed by atoms with Crippen LogP contribution in [0.5, 0.6) is 0 Å². The van der Waals surface area contributed by atoms with Crippen molar-refractivity contribution in [2.24, 2.45) is 0 Å². The van der Waals surface area contributed by atoms with Gasteiger partial charge in [-0.3, -0.25) is 4.79 Å². The van der Waals surface area contributed by atoms with Crippen molar-refractivity contribution in [2.45, 2.75) is 38.1 Å². The van der Waals surface area contributed by atoms with Crippen LogP contribution in [0, 0.1) is 0 Å². The molecule has 0 aliphatic heterocycles. The van der Waals surface area contributed by atoms with E-state index in [0.29, 0.717) is 31.7 Å². The van der Waals surface area contributed by atoms with E-state index in [-0.39, 0.29) is 11.6 Å². The van der Waals surface area contributed by atoms with E-state index >= 15 is 0 Å². The van der Waals surface area contributed by atoms with E-state index < -0.39 is 0 Å². The van der Waals surface area contributed by atoms with E-state index in [1.165, 1.54) is 30.6 Å². The Morgan fingerprint density at radius 1 is 1.26 bits per heavy atom. The van der Waals surface area contributed by atoms with Gasteiger partial charge in [-0.15, -0.1) is 0 Å². The van der Waals surface area contributed by atoms with E-state index in [0.717, 1.165) is 12.8 Å². The Bertz CT molecular complexity index is 726. The second kappa shape index (κ2) is 7.07. The van der Waals surface area contributed by atoms with E-state index in [4.69, 9.17) is 28.9 Å². The molecule has 0 bridgehead atoms. The molecule has 4 nitrogen and oxygen atoms in total. The van der Waals surface area contributed by atoms with Gasteiger partial charge >= 0.3 is 0 Å². The molecule has 0 radical (unpaired) electrons. The fourth-order valence-corrected chi connectivity index (χ4v) is 4.18. The molecule has 1 heterocycles. The van der Waals surface area contributed by atoms with Gasteiger partial charge in [0.2, 0.25) is 5.78 Å². The predicted molar refractivity (Wildman–Crippen MR) is 96.9 cm³/mol. The Balaban J connectivity index is 1.81. The number of halogens is 2. The van der Waals surface area contributed by atoms with Crippen LogP contribution in [-0.2, 0) is 0 Å². The molecule has 1 fully saturated rings. The summed E-state index contributed by atoms with van der Waals surface area (Å²) in [5, 5.41) is 4.90. The number of hydrogen-bond donors (Lipinski definition) is 2. The molecule has 1 saturated carbocycles. The standard InChI is InChI=1S/C16H17Cl2N3OS/c17-9-6-7-11(12(18)8-9)13(22)14-15(19)21-16(23-14)20-10-4-2-1-3-5-10/h6-8,10H,1-5,19H2,(H,20,21). The third-order valence-electron chi connectivity index (χ3n) is 3.97. The lowest BCUT2D eigenvalue weighted by atomic mass is 9.96. The van der Waals surface area contributed by atoms with Crippen molar-refractivity contribution in [3.63, 3.8) is 0 Å². The summed E-state index contributed by atoms with van der Waals surface area (Å²) in [6, 6.07) is 5.21. The van der Waals surface area contributed by atoms with Gasteiger partial charge in [-0.05, 0) is 31.0 Å². The molecule has 1 aromatic heterocycles. The molecule has 0 amide bonds. The molecule has 3 rings (SSSR count). The van der Waals surface area contributed by atoms with Gasteiger partial charge in [0.1, 0.15) is 10.7 Å². The molecule has 3 N–H and O–H groups in total. The summed E-state index contributed by atoms with van der Waals surface area (Å²) in [6.07, 6.45) is 6.00. The summed E-state index contributed by atoms with van der Waals surface area (Å²) in [4.78, 5) is 17.3. The van der Waals surface area contributed by atoms with E-state index in [1.807, 2.05) is 0 Å². The lowest BCUT2D eigenvalue weighted by Crippen LogP contribution is -2.22. The number of ketones is 1. The number of benzene rings is 1. The number of thiazole rings is 1. The Labute approximate surface area is 149 Å². The van der Waals surface area contributed by atoms with Crippen molar-refractivity contribution in [1.82, 2.24) is 4.98 Å². The molecule has 2 aromatic rings. The molecule has 23 heavy (non-hydrogen) atoms. The SMILES string of the molecule is Nc1nc(NC2CCCCC2)sc1C(=O)c1ccc(Cl)cc1Cl. The maximum absolute atomic E-state index is 12.6. The molecule has 0 saturated heterocycles. The molecule has 1 aromatic carbocycles. The highest BCUT2D eigenvalue weighted by atomic mass is 35.5. The first-order chi connectivity index (χ1) is 11.0. The minimum atomic E-state index is -0.224. The van der Waals surface area contributed by atoms with E-state index in [2.05, 4.69) is 10.3 Å². The Morgan fingerprint density at radius 3 is 2.70 bits per heavy atom. The van der Waals surface area contributed by atoms with Crippen LogP contribution in [0.1, 0.15) is 47.3 Å². The quantitative estimate of drug-likeness (QED) is 0.743. The Morgan fingerprint density at radius 2 is 2.00 bits per heavy atom. The van der Waals surface area contributed by atoms with Gasteiger partial charge in [0.15, 0.2) is 5.13 Å². The second-order valence-corrected chi connectivity index (χ2v) is 7.51. The van der Waals surface area contributed by atoms with Crippen molar-refractivity contribution in [3.05, 3.63) is 38.7 Å². The predicted octanol–water partition coefficient (Wildman–Crippen LogP) is 5.01. The first kappa shape index (κ1) is 16.6. The number of nitrogens with one attached hydrogen (secondary N) is 1. The fourth-order valence-electron chi connectivity index (χ4n) is 2.77. The average Bonchev–Trinajstić information content (AvgIpc) is 2.88. The van der Waals surface area contributed by atoms with Crippen LogP contribution in [0.3, 0.4) is 0 Å². The number of rotatable bonds is 4. The molecule has 1 aliphatic carbocycles. The lowest BCUT2D eigenvalue weighted by molar-refractivity contribution is 0.104. The molecule has 122 valence electrons. The summed E-state index contributed by atoms with van der Waals surface area (Å²) >= 11 is 13.3. The highest BCUT2D eigenvalue weighted by molar-refractivity contribution is 7.18. The van der Waals surface area contributed by atoms with Gasteiger partial charge in [0, 0.05) is 16.6 Å². The van der Waals surface area contributed by atoms with Crippen LogP contribution in [0.4, 0.5) is 10.9 Å². The van der Waals surface area contributed by atoms with Crippen molar-refractivity contribution in [3.8, 4) is 0 Å². The fraction of sp³-hybridized carbons (Fsp3) is 0.375. The van der Waals surface area contributed by atoms with Crippen molar-refractivity contribution in [2.75, 3.05) is 11.1 Å². The zero-order chi connectivity index (χ0) is 16.4. The minimum absolute atomic E-state index is 0.224. The van der Waals surface area contributed by atoms with Gasteiger partial charge in [-0.1, -0.05) is 53.8 Å². The largest absolute Gasteiger partial charge is 0.382 e. The minimum Gasteiger partial charge on any atom is -0.382 e. The highest BCUT2D eigenvalue weighted by Gasteiger charge is 2.22. The molecule has 0 atom stereocenters. The van der Waals surface area contributed by atoms with Gasteiger partial charge in [0.25, 0.3) is 0 Å². The number of anilines is 2. The van der Waals surface area contributed by atoms with Gasteiger partial charge < -0.3 is 11.1 Å². The lowest BCUT2D eigenvalue weighted by Gasteiger charge is -2.22. The van der Waals surface area contributed by atoms with E-state index in [9.17, 15) is 4.79 Å². The summed E-state index contributed by atoms with van der Waals surface area (Å²) in [7, 11) is 0. The molecule has 0 unspecified atom stereocenters. The maximum atomic E-state index is 12.6. The van der Waals surface area contributed by atoms with Crippen LogP contribution in [-0.4, -0.2) is 16.8 Å². The normalized spacial score (nSPS) is 15.6. The molecule has 1 aliphatic rings. The Hall–Kier alpha value is -1.30. The third kappa shape index (κ3) is 3.79. The zero-order valence-corrected chi connectivity index (χ0v) is 14.8. The summed E-state index contributed by atoms with van der Waals surface area (Å²) in [5.41, 5.74) is 6.32. The summed E-state index contributed by atoms with van der Waals surface area (Å²) in [6.45, 7) is 0. The molecular formula is C16H17Cl2N3OS. The Kier molecular flexibility index (Phi) is 5.09. The monoisotopic (exact) mass is 369 g/mol. The first-order valence-corrected chi connectivity index (χ1v) is 9.14. The van der Waals surface area contributed by atoms with Crippen molar-refractivity contribution >= 4 is 51.3 Å². The number of nitrogen functional groups attached to an aromatic ring is 1. The third-order valence-corrected chi connectivity index (χ3v) is 5.52. The van der Waals surface area contributed by atoms with Crippen LogP contribution >= 0.6 is 34.5 Å². The summed E-state index contributed by atoms with van der Waals surface area (Å²) in [5.74, 6) is 0.0164. The number of nitrogens with zero attached hydrogens (tertiary/aromatic N) is 1. The van der Waals surface area contributed by atoms with Crippen molar-refractivity contribution in [1.29, 1.82) is 0 Å². The average molecular weight is 370 g/mol. The van der Waals surface area contributed by atoms with Crippen LogP contribution < -0.4 is 11.1 Å². The molecule has 0 spiro atoms. The van der Waals surface area contributed by atoms with Crippen LogP contribution in [0.2, 0.25) is 10.0 Å². The number of aromatic nitrogens is 1. The number of nitrogens with two attached hydrogens (primary N) is 1. The smallest absolute Gasteiger partial charge is 0.208 e. The van der Waals surface area contributed by atoms with Crippen molar-refractivity contribution < 1.29 is 4.79 Å². The van der Waals surface area contributed by atoms with Gasteiger partial charge in [-0.25, -0.2) is 4.98 Å². The second-order valence-electron chi connectivity index (χ2n) is 5.67. The van der Waals surface area contributed by atoms with Crippen LogP contribution in [0.15, 0.2) is 18.2 Å².